The summed E-state index contributed by atoms with van der Waals surface area (Å²) in [6.07, 6.45) is 2.36. The van der Waals surface area contributed by atoms with E-state index in [0.29, 0.717) is 17.9 Å². The molecule has 2 amide bonds. The second kappa shape index (κ2) is 9.89. The van der Waals surface area contributed by atoms with Gasteiger partial charge in [0.05, 0.1) is 4.92 Å². The van der Waals surface area contributed by atoms with Gasteiger partial charge in [-0.05, 0) is 55.5 Å². The van der Waals surface area contributed by atoms with Gasteiger partial charge in [-0.2, -0.15) is 11.8 Å². The molecule has 2 rings (SSSR count). The van der Waals surface area contributed by atoms with E-state index in [2.05, 4.69) is 10.6 Å². The van der Waals surface area contributed by atoms with Crippen molar-refractivity contribution in [2.45, 2.75) is 26.3 Å². The topological polar surface area (TPSA) is 101 Å². The molecule has 0 aliphatic carbocycles. The van der Waals surface area contributed by atoms with E-state index < -0.39 is 16.9 Å². The van der Waals surface area contributed by atoms with Crippen LogP contribution in [-0.2, 0) is 4.79 Å². The van der Waals surface area contributed by atoms with Crippen LogP contribution in [0.25, 0.3) is 0 Å². The maximum Gasteiger partial charge on any atom is 0.270 e. The van der Waals surface area contributed by atoms with Gasteiger partial charge in [-0.25, -0.2) is 0 Å². The first-order valence-electron chi connectivity index (χ1n) is 8.74. The van der Waals surface area contributed by atoms with Gasteiger partial charge in [0, 0.05) is 23.4 Å². The van der Waals surface area contributed by atoms with E-state index >= 15 is 0 Å². The monoisotopic (exact) mass is 401 g/mol. The molecule has 0 fully saturated rings. The van der Waals surface area contributed by atoms with Gasteiger partial charge in [-0.15, -0.1) is 0 Å². The average molecular weight is 401 g/mol. The van der Waals surface area contributed by atoms with Crippen LogP contribution in [0.3, 0.4) is 0 Å². The summed E-state index contributed by atoms with van der Waals surface area (Å²) in [5.41, 5.74) is 2.61. The number of anilines is 1. The smallest absolute Gasteiger partial charge is 0.270 e. The number of non-ortho nitro benzene ring substituents is 1. The Morgan fingerprint density at radius 3 is 2.61 bits per heavy atom. The number of nitro benzene ring substituents is 1. The van der Waals surface area contributed by atoms with Gasteiger partial charge < -0.3 is 10.6 Å². The number of nitro groups is 1. The van der Waals surface area contributed by atoms with Crippen molar-refractivity contribution >= 4 is 35.0 Å². The quantitative estimate of drug-likeness (QED) is 0.519. The highest BCUT2D eigenvalue weighted by Crippen LogP contribution is 2.18. The Hall–Kier alpha value is -2.87. The van der Waals surface area contributed by atoms with E-state index in [1.807, 2.05) is 38.3 Å². The Morgan fingerprint density at radius 1 is 1.18 bits per heavy atom. The summed E-state index contributed by atoms with van der Waals surface area (Å²) < 4.78 is 0. The third-order valence-electron chi connectivity index (χ3n) is 4.20. The molecule has 0 bridgehead atoms. The van der Waals surface area contributed by atoms with E-state index in [9.17, 15) is 19.7 Å². The zero-order valence-electron chi connectivity index (χ0n) is 16.0. The number of rotatable bonds is 8. The minimum Gasteiger partial charge on any atom is -0.340 e. The molecule has 0 spiro atoms. The third-order valence-corrected chi connectivity index (χ3v) is 4.85. The summed E-state index contributed by atoms with van der Waals surface area (Å²) in [5, 5.41) is 16.5. The Labute approximate surface area is 168 Å². The van der Waals surface area contributed by atoms with Gasteiger partial charge in [-0.1, -0.05) is 18.2 Å². The second-order valence-electron chi connectivity index (χ2n) is 6.42. The molecule has 0 aliphatic rings. The summed E-state index contributed by atoms with van der Waals surface area (Å²) in [4.78, 5) is 35.7. The number of carbonyl (C=O) groups is 2. The summed E-state index contributed by atoms with van der Waals surface area (Å²) >= 11 is 1.57. The Bertz CT molecular complexity index is 886. The molecule has 7 nitrogen and oxygen atoms in total. The van der Waals surface area contributed by atoms with E-state index in [4.69, 9.17) is 0 Å². The molecule has 2 aromatic rings. The molecule has 0 saturated carbocycles. The predicted molar refractivity (Wildman–Crippen MR) is 112 cm³/mol. The first-order valence-corrected chi connectivity index (χ1v) is 10.1. The van der Waals surface area contributed by atoms with Crippen LogP contribution in [0.1, 0.15) is 27.9 Å². The largest absolute Gasteiger partial charge is 0.340 e. The number of aryl methyl sites for hydroxylation is 2. The van der Waals surface area contributed by atoms with Crippen molar-refractivity contribution in [3.05, 3.63) is 69.3 Å². The van der Waals surface area contributed by atoms with E-state index in [1.54, 1.807) is 11.8 Å². The van der Waals surface area contributed by atoms with Crippen molar-refractivity contribution < 1.29 is 14.5 Å². The van der Waals surface area contributed by atoms with Crippen molar-refractivity contribution in [2.75, 3.05) is 17.3 Å². The minimum absolute atomic E-state index is 0.142. The summed E-state index contributed by atoms with van der Waals surface area (Å²) in [6.45, 7) is 3.83. The zero-order chi connectivity index (χ0) is 20.7. The highest BCUT2D eigenvalue weighted by Gasteiger charge is 2.22. The van der Waals surface area contributed by atoms with Crippen molar-refractivity contribution in [3.63, 3.8) is 0 Å². The number of thioether (sulfide) groups is 1. The molecule has 0 aromatic heterocycles. The fourth-order valence-electron chi connectivity index (χ4n) is 2.60. The molecule has 1 atom stereocenters. The lowest BCUT2D eigenvalue weighted by Crippen LogP contribution is -2.44. The molecule has 0 unspecified atom stereocenters. The fraction of sp³-hybridized carbons (Fsp3) is 0.300. The van der Waals surface area contributed by atoms with Gasteiger partial charge in [-0.3, -0.25) is 19.7 Å². The number of carbonyl (C=O) groups excluding carboxylic acids is 2. The van der Waals surface area contributed by atoms with Gasteiger partial charge in [0.15, 0.2) is 0 Å². The Balaban J connectivity index is 2.17. The number of nitrogens with zero attached hydrogens (tertiary/aromatic N) is 1. The van der Waals surface area contributed by atoms with Crippen molar-refractivity contribution in [2.24, 2.45) is 0 Å². The lowest BCUT2D eigenvalue weighted by molar-refractivity contribution is -0.384. The SMILES string of the molecule is CSCC[C@H](NC(=O)c1cccc([N+](=O)[O-])c1)C(=O)Nc1cc(C)ccc1C. The number of hydrogen-bond donors (Lipinski definition) is 2. The van der Waals surface area contributed by atoms with Crippen LogP contribution < -0.4 is 10.6 Å². The maximum atomic E-state index is 12.8. The third kappa shape index (κ3) is 5.82. The lowest BCUT2D eigenvalue weighted by atomic mass is 10.1. The van der Waals surface area contributed by atoms with Crippen LogP contribution in [0.2, 0.25) is 0 Å². The van der Waals surface area contributed by atoms with E-state index in [-0.39, 0.29) is 17.2 Å². The average Bonchev–Trinajstić information content (AvgIpc) is 2.67. The minimum atomic E-state index is -0.751. The maximum absolute atomic E-state index is 12.8. The molecule has 8 heteroatoms. The number of amides is 2. The Morgan fingerprint density at radius 2 is 1.93 bits per heavy atom. The first-order chi connectivity index (χ1) is 13.3. The number of benzene rings is 2. The standard InChI is InChI=1S/C20H23N3O4S/c1-13-7-8-14(2)18(11-13)22-20(25)17(9-10-28-3)21-19(24)15-5-4-6-16(12-15)23(26)27/h4-8,11-12,17H,9-10H2,1-3H3,(H,21,24)(H,22,25)/t17-/m0/s1. The fourth-order valence-corrected chi connectivity index (χ4v) is 3.07. The predicted octanol–water partition coefficient (Wildman–Crippen LogP) is 3.70. The number of nitrogens with one attached hydrogen (secondary N) is 2. The van der Waals surface area contributed by atoms with Crippen LogP contribution in [0.5, 0.6) is 0 Å². The van der Waals surface area contributed by atoms with Crippen LogP contribution >= 0.6 is 11.8 Å². The summed E-state index contributed by atoms with van der Waals surface area (Å²) in [5.74, 6) is -0.160. The van der Waals surface area contributed by atoms with Gasteiger partial charge in [0.2, 0.25) is 5.91 Å². The number of hydrogen-bond acceptors (Lipinski definition) is 5. The van der Waals surface area contributed by atoms with Crippen molar-refractivity contribution in [3.8, 4) is 0 Å². The van der Waals surface area contributed by atoms with Crippen molar-refractivity contribution in [1.29, 1.82) is 0 Å². The molecule has 148 valence electrons. The van der Waals surface area contributed by atoms with Crippen molar-refractivity contribution in [1.82, 2.24) is 5.32 Å². The highest BCUT2D eigenvalue weighted by atomic mass is 32.2. The second-order valence-corrected chi connectivity index (χ2v) is 7.41. The molecule has 2 aromatic carbocycles. The van der Waals surface area contributed by atoms with E-state index in [0.717, 1.165) is 11.1 Å². The van der Waals surface area contributed by atoms with Crippen LogP contribution in [-0.4, -0.2) is 34.8 Å². The summed E-state index contributed by atoms with van der Waals surface area (Å²) in [7, 11) is 0. The zero-order valence-corrected chi connectivity index (χ0v) is 16.8. The molecule has 0 saturated heterocycles. The summed E-state index contributed by atoms with van der Waals surface area (Å²) in [6, 6.07) is 10.4. The molecule has 2 N–H and O–H groups in total. The van der Waals surface area contributed by atoms with Gasteiger partial charge in [0.25, 0.3) is 11.6 Å². The molecular formula is C20H23N3O4S. The normalized spacial score (nSPS) is 11.5. The molecule has 0 radical (unpaired) electrons. The molecular weight excluding hydrogens is 378 g/mol. The van der Waals surface area contributed by atoms with Crippen LogP contribution in [0.15, 0.2) is 42.5 Å². The van der Waals surface area contributed by atoms with Crippen LogP contribution in [0.4, 0.5) is 11.4 Å². The molecule has 0 aliphatic heterocycles. The van der Waals surface area contributed by atoms with Crippen LogP contribution in [0, 0.1) is 24.0 Å². The first kappa shape index (κ1) is 21.4. The van der Waals surface area contributed by atoms with Gasteiger partial charge in [0.1, 0.15) is 6.04 Å². The molecule has 0 heterocycles. The highest BCUT2D eigenvalue weighted by molar-refractivity contribution is 7.98. The van der Waals surface area contributed by atoms with E-state index in [1.165, 1.54) is 24.3 Å². The Kier molecular flexibility index (Phi) is 7.57. The molecule has 28 heavy (non-hydrogen) atoms. The van der Waals surface area contributed by atoms with Gasteiger partial charge >= 0.3 is 0 Å². The lowest BCUT2D eigenvalue weighted by Gasteiger charge is -2.19.